The maximum Gasteiger partial charge on any atom is 1.00 e. The summed E-state index contributed by atoms with van der Waals surface area (Å²) in [4.78, 5) is 30.4. The van der Waals surface area contributed by atoms with Gasteiger partial charge in [0.05, 0.1) is 35.2 Å². The Bertz CT molecular complexity index is 962. The Morgan fingerprint density at radius 3 is 2.67 bits per heavy atom. The summed E-state index contributed by atoms with van der Waals surface area (Å²) >= 11 is 1.25. The second-order valence-electron chi connectivity index (χ2n) is 6.70. The molecule has 2 aliphatic rings. The molecule has 0 bridgehead atoms. The van der Waals surface area contributed by atoms with E-state index in [9.17, 15) is 19.8 Å². The van der Waals surface area contributed by atoms with E-state index in [1.54, 1.807) is 6.92 Å². The van der Waals surface area contributed by atoms with Crippen LogP contribution in [-0.4, -0.2) is 39.0 Å². The minimum atomic E-state index is -1.37. The van der Waals surface area contributed by atoms with Gasteiger partial charge in [-0.3, -0.25) is 4.79 Å². The fraction of sp³-hybridized carbons (Fsp3) is 0.316. The molecule has 3 heterocycles. The molecule has 4 atom stereocenters. The Balaban J connectivity index is 0.00000210. The number of aliphatic carboxylic acids is 1. The van der Waals surface area contributed by atoms with E-state index in [1.807, 2.05) is 43.3 Å². The van der Waals surface area contributed by atoms with E-state index >= 15 is 0 Å². The summed E-state index contributed by atoms with van der Waals surface area (Å²) in [5, 5.41) is 23.3. The Kier molecular flexibility index (Phi) is 5.70. The van der Waals surface area contributed by atoms with Gasteiger partial charge in [-0.15, -0.1) is 0 Å². The van der Waals surface area contributed by atoms with Gasteiger partial charge in [-0.05, 0) is 19.1 Å². The van der Waals surface area contributed by atoms with Crippen molar-refractivity contribution in [2.45, 2.75) is 31.0 Å². The van der Waals surface area contributed by atoms with E-state index in [0.29, 0.717) is 9.93 Å². The normalized spacial score (nSPS) is 25.1. The average molecular weight is 392 g/mol. The summed E-state index contributed by atoms with van der Waals surface area (Å²) in [6.45, 7) is 3.43. The molecule has 0 spiro atoms. The minimum absolute atomic E-state index is 0. The van der Waals surface area contributed by atoms with Crippen molar-refractivity contribution in [3.8, 4) is 0 Å². The number of hydrogen-bond acceptors (Lipinski definition) is 6. The van der Waals surface area contributed by atoms with Crippen molar-refractivity contribution in [2.75, 3.05) is 0 Å². The number of carbonyl (C=O) groups is 2. The largest absolute Gasteiger partial charge is 1.00 e. The van der Waals surface area contributed by atoms with E-state index in [-0.39, 0.29) is 53.1 Å². The third-order valence-electron chi connectivity index (χ3n) is 5.09. The van der Waals surface area contributed by atoms with E-state index in [4.69, 9.17) is 0 Å². The van der Waals surface area contributed by atoms with Crippen LogP contribution in [0.15, 0.2) is 52.0 Å². The molecule has 0 aliphatic carbocycles. The van der Waals surface area contributed by atoms with Gasteiger partial charge in [0.2, 0.25) is 5.91 Å². The summed E-state index contributed by atoms with van der Waals surface area (Å²) in [6.07, 6.45) is -0.822. The number of thioether (sulfide) groups is 1. The van der Waals surface area contributed by atoms with Crippen molar-refractivity contribution in [1.82, 2.24) is 9.88 Å². The summed E-state index contributed by atoms with van der Waals surface area (Å²) in [7, 11) is 0. The number of rotatable bonds is 4. The van der Waals surface area contributed by atoms with Gasteiger partial charge in [-0.25, -0.2) is 4.98 Å². The van der Waals surface area contributed by atoms with Gasteiger partial charge < -0.3 is 19.9 Å². The fourth-order valence-electron chi connectivity index (χ4n) is 3.86. The quantitative estimate of drug-likeness (QED) is 0.485. The molecule has 0 saturated carbocycles. The van der Waals surface area contributed by atoms with Gasteiger partial charge in [0.1, 0.15) is 5.03 Å². The molecule has 1 fully saturated rings. The molecule has 1 aromatic carbocycles. The third kappa shape index (κ3) is 3.21. The van der Waals surface area contributed by atoms with E-state index in [1.165, 1.54) is 16.7 Å². The molecule has 2 aromatic rings. The SMILES string of the molecule is C[C@@H](O)[C@H]1C(=O)N2C(C(=O)[O-])=C(Sc3ccc4ccccc4n3)[C@H](C)[C@H]12.[Na+]. The molecule has 4 rings (SSSR count). The van der Waals surface area contributed by atoms with Crippen LogP contribution in [0.2, 0.25) is 0 Å². The Labute approximate surface area is 182 Å². The van der Waals surface area contributed by atoms with Gasteiger partial charge >= 0.3 is 29.6 Å². The van der Waals surface area contributed by atoms with Crippen molar-refractivity contribution in [1.29, 1.82) is 0 Å². The van der Waals surface area contributed by atoms with Crippen molar-refractivity contribution < 1.29 is 49.4 Å². The zero-order valence-electron chi connectivity index (χ0n) is 15.2. The maximum absolute atomic E-state index is 12.3. The monoisotopic (exact) mass is 392 g/mol. The first-order valence-electron chi connectivity index (χ1n) is 8.40. The summed E-state index contributed by atoms with van der Waals surface area (Å²) in [6, 6.07) is 11.1. The molecular weight excluding hydrogens is 375 g/mol. The summed E-state index contributed by atoms with van der Waals surface area (Å²) in [5.74, 6) is -2.53. The molecule has 134 valence electrons. The van der Waals surface area contributed by atoms with Crippen LogP contribution in [0.4, 0.5) is 0 Å². The van der Waals surface area contributed by atoms with Crippen molar-refractivity contribution in [3.63, 3.8) is 0 Å². The number of fused-ring (bicyclic) bond motifs is 2. The molecule has 0 unspecified atom stereocenters. The molecule has 8 heteroatoms. The Morgan fingerprint density at radius 2 is 2.00 bits per heavy atom. The molecule has 1 amide bonds. The molecule has 1 N–H and O–H groups in total. The van der Waals surface area contributed by atoms with E-state index < -0.39 is 18.0 Å². The smallest absolute Gasteiger partial charge is 0.543 e. The number of carboxylic acid groups (broad SMARTS) is 1. The molecule has 0 radical (unpaired) electrons. The number of aliphatic hydroxyl groups excluding tert-OH is 1. The van der Waals surface area contributed by atoms with Gasteiger partial charge in [0, 0.05) is 16.2 Å². The fourth-order valence-corrected chi connectivity index (χ4v) is 4.97. The number of carbonyl (C=O) groups excluding carboxylic acids is 2. The third-order valence-corrected chi connectivity index (χ3v) is 6.31. The van der Waals surface area contributed by atoms with Gasteiger partial charge in [0.15, 0.2) is 0 Å². The number of nitrogens with zero attached hydrogens (tertiary/aromatic N) is 2. The summed E-state index contributed by atoms with van der Waals surface area (Å²) in [5.41, 5.74) is 0.726. The second-order valence-corrected chi connectivity index (χ2v) is 7.76. The van der Waals surface area contributed by atoms with Crippen LogP contribution in [0.3, 0.4) is 0 Å². The predicted molar refractivity (Wildman–Crippen MR) is 94.6 cm³/mol. The molecule has 1 aromatic heterocycles. The molecule has 2 aliphatic heterocycles. The number of para-hydroxylation sites is 1. The second kappa shape index (κ2) is 7.56. The molecule has 27 heavy (non-hydrogen) atoms. The first-order chi connectivity index (χ1) is 12.4. The number of pyridine rings is 1. The van der Waals surface area contributed by atoms with Crippen LogP contribution in [0.5, 0.6) is 0 Å². The summed E-state index contributed by atoms with van der Waals surface area (Å²) < 4.78 is 0. The zero-order chi connectivity index (χ0) is 18.6. The number of aromatic nitrogens is 1. The van der Waals surface area contributed by atoms with E-state index in [2.05, 4.69) is 4.98 Å². The molecular formula is C19H17N2NaO4S. The van der Waals surface area contributed by atoms with Crippen molar-refractivity contribution in [2.24, 2.45) is 11.8 Å². The predicted octanol–water partition coefficient (Wildman–Crippen LogP) is -1.85. The molecule has 6 nitrogen and oxygen atoms in total. The first-order valence-corrected chi connectivity index (χ1v) is 9.22. The number of benzene rings is 1. The van der Waals surface area contributed by atoms with Crippen LogP contribution in [-0.2, 0) is 9.59 Å². The number of carboxylic acids is 1. The Morgan fingerprint density at radius 1 is 1.30 bits per heavy atom. The zero-order valence-corrected chi connectivity index (χ0v) is 18.1. The number of β-lactam (4-membered cyclic amide) rings is 1. The number of amides is 1. The van der Waals surface area contributed by atoms with Crippen LogP contribution < -0.4 is 34.7 Å². The van der Waals surface area contributed by atoms with Gasteiger partial charge in [-0.1, -0.05) is 43.0 Å². The standard InChI is InChI=1S/C19H18N2O4S.Na/c1-9-15-14(10(2)22)18(23)21(15)16(19(24)25)17(9)26-13-8-7-11-5-3-4-6-12(11)20-13;/h3-10,14-15,22H,1-2H3,(H,24,25);/q;+1/p-1/t9-,10-,14-,15-;/m1./s1. The number of hydrogen-bond donors (Lipinski definition) is 1. The topological polar surface area (TPSA) is 93.6 Å². The Hall–Kier alpha value is -1.38. The van der Waals surface area contributed by atoms with Gasteiger partial charge in [-0.2, -0.15) is 0 Å². The molecule has 1 saturated heterocycles. The van der Waals surface area contributed by atoms with Crippen molar-refractivity contribution >= 4 is 34.5 Å². The van der Waals surface area contributed by atoms with Gasteiger partial charge in [0.25, 0.3) is 0 Å². The minimum Gasteiger partial charge on any atom is -0.543 e. The van der Waals surface area contributed by atoms with Crippen LogP contribution in [0.25, 0.3) is 10.9 Å². The van der Waals surface area contributed by atoms with Crippen molar-refractivity contribution in [3.05, 3.63) is 47.0 Å². The van der Waals surface area contributed by atoms with Crippen LogP contribution in [0, 0.1) is 11.8 Å². The maximum atomic E-state index is 12.3. The van der Waals surface area contributed by atoms with E-state index in [0.717, 1.165) is 10.9 Å². The average Bonchev–Trinajstić information content (AvgIpc) is 2.84. The number of aliphatic hydroxyl groups is 1. The van der Waals surface area contributed by atoms with Crippen LogP contribution in [0.1, 0.15) is 13.8 Å². The van der Waals surface area contributed by atoms with Crippen LogP contribution >= 0.6 is 11.8 Å². The first kappa shape index (κ1) is 20.4.